The maximum absolute atomic E-state index is 12.8. The third kappa shape index (κ3) is 2.94. The number of carbonyl (C=O) groups is 1. The lowest BCUT2D eigenvalue weighted by Crippen LogP contribution is -2.31. The van der Waals surface area contributed by atoms with Crippen molar-refractivity contribution in [1.82, 2.24) is 19.2 Å². The van der Waals surface area contributed by atoms with E-state index in [2.05, 4.69) is 9.97 Å². The van der Waals surface area contributed by atoms with Crippen LogP contribution in [-0.2, 0) is 10.0 Å². The molecular weight excluding hydrogens is 328 g/mol. The van der Waals surface area contributed by atoms with Crippen LogP contribution in [0.2, 0.25) is 0 Å². The van der Waals surface area contributed by atoms with Gasteiger partial charge in [0.25, 0.3) is 5.91 Å². The van der Waals surface area contributed by atoms with Gasteiger partial charge in [-0.1, -0.05) is 0 Å². The number of nitrogens with zero attached hydrogens (tertiary/aromatic N) is 3. The zero-order valence-corrected chi connectivity index (χ0v) is 14.5. The number of imidazole rings is 1. The summed E-state index contributed by atoms with van der Waals surface area (Å²) in [6, 6.07) is 6.02. The molecule has 1 atom stereocenters. The van der Waals surface area contributed by atoms with Gasteiger partial charge in [-0.3, -0.25) is 4.79 Å². The summed E-state index contributed by atoms with van der Waals surface area (Å²) >= 11 is 0. The number of rotatable bonds is 4. The number of sulfonamides is 1. The van der Waals surface area contributed by atoms with Gasteiger partial charge in [0.05, 0.1) is 10.9 Å². The molecule has 7 nitrogen and oxygen atoms in total. The van der Waals surface area contributed by atoms with E-state index in [9.17, 15) is 13.2 Å². The normalized spacial score (nSPS) is 18.3. The Kier molecular flexibility index (Phi) is 4.42. The molecule has 24 heavy (non-hydrogen) atoms. The molecule has 2 heterocycles. The smallest absolute Gasteiger partial charge is 0.254 e. The molecule has 0 spiro atoms. The van der Waals surface area contributed by atoms with Gasteiger partial charge in [0.15, 0.2) is 0 Å². The second kappa shape index (κ2) is 6.37. The first-order chi connectivity index (χ1) is 11.4. The lowest BCUT2D eigenvalue weighted by molar-refractivity contribution is 0.0730. The number of nitrogens with one attached hydrogen (secondary N) is 1. The highest BCUT2D eigenvalue weighted by Gasteiger charge is 2.32. The first-order valence-corrected chi connectivity index (χ1v) is 9.18. The van der Waals surface area contributed by atoms with E-state index in [4.69, 9.17) is 0 Å². The van der Waals surface area contributed by atoms with Crippen LogP contribution >= 0.6 is 0 Å². The average molecular weight is 348 g/mol. The van der Waals surface area contributed by atoms with Crippen molar-refractivity contribution in [3.63, 3.8) is 0 Å². The number of benzene rings is 1. The Hall–Kier alpha value is -2.19. The summed E-state index contributed by atoms with van der Waals surface area (Å²) in [6.07, 6.45) is 5.21. The van der Waals surface area contributed by atoms with Crippen molar-refractivity contribution in [2.75, 3.05) is 20.6 Å². The zero-order valence-electron chi connectivity index (χ0n) is 13.6. The van der Waals surface area contributed by atoms with Crippen molar-refractivity contribution < 1.29 is 13.2 Å². The molecule has 1 saturated heterocycles. The highest BCUT2D eigenvalue weighted by molar-refractivity contribution is 7.89. The van der Waals surface area contributed by atoms with Gasteiger partial charge in [0.2, 0.25) is 10.0 Å². The Morgan fingerprint density at radius 1 is 1.29 bits per heavy atom. The van der Waals surface area contributed by atoms with Crippen LogP contribution in [0.25, 0.3) is 0 Å². The van der Waals surface area contributed by atoms with Gasteiger partial charge in [-0.25, -0.2) is 17.7 Å². The van der Waals surface area contributed by atoms with Crippen LogP contribution < -0.4 is 0 Å². The molecule has 1 aliphatic rings. The van der Waals surface area contributed by atoms with Crippen molar-refractivity contribution in [3.8, 4) is 0 Å². The van der Waals surface area contributed by atoms with Crippen LogP contribution in [0.5, 0.6) is 0 Å². The number of hydrogen-bond acceptors (Lipinski definition) is 4. The number of carbonyl (C=O) groups excluding carboxylic acids is 1. The average Bonchev–Trinajstić information content (AvgIpc) is 3.24. The minimum Gasteiger partial charge on any atom is -0.347 e. The molecule has 1 aromatic heterocycles. The molecule has 1 unspecified atom stereocenters. The summed E-state index contributed by atoms with van der Waals surface area (Å²) in [6.45, 7) is 0.669. The van der Waals surface area contributed by atoms with E-state index in [1.165, 1.54) is 26.2 Å². The lowest BCUT2D eigenvalue weighted by atomic mass is 10.1. The van der Waals surface area contributed by atoms with E-state index >= 15 is 0 Å². The molecule has 8 heteroatoms. The van der Waals surface area contributed by atoms with Crippen LogP contribution in [0.4, 0.5) is 0 Å². The molecule has 1 amide bonds. The Morgan fingerprint density at radius 2 is 2.00 bits per heavy atom. The molecule has 0 bridgehead atoms. The van der Waals surface area contributed by atoms with Gasteiger partial charge >= 0.3 is 0 Å². The molecule has 1 N–H and O–H groups in total. The number of hydrogen-bond donors (Lipinski definition) is 1. The predicted octanol–water partition coefficient (Wildman–Crippen LogP) is 1.64. The largest absolute Gasteiger partial charge is 0.347 e. The maximum atomic E-state index is 12.8. The highest BCUT2D eigenvalue weighted by Crippen LogP contribution is 2.31. The Morgan fingerprint density at radius 3 is 2.58 bits per heavy atom. The molecule has 0 saturated carbocycles. The standard InChI is InChI=1S/C16H20N4O3S/c1-19(2)24(22,23)13-7-5-12(6-8-13)16(21)20-11-3-4-14(20)15-17-9-10-18-15/h5-10,14H,3-4,11H2,1-2H3,(H,17,18). The zero-order chi connectivity index (χ0) is 17.3. The Bertz CT molecular complexity index is 814. The topological polar surface area (TPSA) is 86.4 Å². The molecule has 128 valence electrons. The minimum absolute atomic E-state index is 0.0577. The third-order valence-electron chi connectivity index (χ3n) is 4.23. The van der Waals surface area contributed by atoms with Crippen LogP contribution in [0.15, 0.2) is 41.6 Å². The van der Waals surface area contributed by atoms with Crippen molar-refractivity contribution >= 4 is 15.9 Å². The molecule has 0 radical (unpaired) electrons. The van der Waals surface area contributed by atoms with Crippen molar-refractivity contribution in [2.24, 2.45) is 0 Å². The van der Waals surface area contributed by atoms with Gasteiger partial charge in [0.1, 0.15) is 5.82 Å². The van der Waals surface area contributed by atoms with E-state index in [1.54, 1.807) is 29.4 Å². The van der Waals surface area contributed by atoms with Crippen molar-refractivity contribution in [3.05, 3.63) is 48.0 Å². The van der Waals surface area contributed by atoms with Gasteiger partial charge in [0, 0.05) is 38.6 Å². The summed E-state index contributed by atoms with van der Waals surface area (Å²) in [4.78, 5) is 22.1. The number of H-pyrrole nitrogens is 1. The molecular formula is C16H20N4O3S. The number of aromatic nitrogens is 2. The quantitative estimate of drug-likeness (QED) is 0.910. The fourth-order valence-electron chi connectivity index (χ4n) is 2.90. The molecule has 0 aliphatic carbocycles. The summed E-state index contributed by atoms with van der Waals surface area (Å²) in [5.41, 5.74) is 0.478. The van der Waals surface area contributed by atoms with Gasteiger partial charge < -0.3 is 9.88 Å². The lowest BCUT2D eigenvalue weighted by Gasteiger charge is -2.23. The second-order valence-corrected chi connectivity index (χ2v) is 8.09. The molecule has 2 aromatic rings. The fourth-order valence-corrected chi connectivity index (χ4v) is 3.80. The van der Waals surface area contributed by atoms with Gasteiger partial charge in [-0.05, 0) is 37.1 Å². The van der Waals surface area contributed by atoms with E-state index < -0.39 is 10.0 Å². The first kappa shape index (κ1) is 16.7. The second-order valence-electron chi connectivity index (χ2n) is 5.94. The van der Waals surface area contributed by atoms with Gasteiger partial charge in [-0.2, -0.15) is 0 Å². The maximum Gasteiger partial charge on any atom is 0.254 e. The highest BCUT2D eigenvalue weighted by atomic mass is 32.2. The van der Waals surface area contributed by atoms with Crippen molar-refractivity contribution in [1.29, 1.82) is 0 Å². The Labute approximate surface area is 141 Å². The fraction of sp³-hybridized carbons (Fsp3) is 0.375. The summed E-state index contributed by atoms with van der Waals surface area (Å²) in [7, 11) is -0.534. The molecule has 1 fully saturated rings. The number of aromatic amines is 1. The number of likely N-dealkylation sites (tertiary alicyclic amines) is 1. The van der Waals surface area contributed by atoms with E-state index in [0.29, 0.717) is 12.1 Å². The first-order valence-electron chi connectivity index (χ1n) is 7.74. The van der Waals surface area contributed by atoms with Crippen LogP contribution in [0, 0.1) is 0 Å². The molecule has 1 aromatic carbocycles. The van der Waals surface area contributed by atoms with Crippen LogP contribution in [-0.4, -0.2) is 54.1 Å². The van der Waals surface area contributed by atoms with Crippen LogP contribution in [0.1, 0.15) is 35.1 Å². The van der Waals surface area contributed by atoms with E-state index in [1.807, 2.05) is 0 Å². The van der Waals surface area contributed by atoms with E-state index in [0.717, 1.165) is 23.0 Å². The van der Waals surface area contributed by atoms with Crippen LogP contribution in [0.3, 0.4) is 0 Å². The summed E-state index contributed by atoms with van der Waals surface area (Å²) in [5.74, 6) is 0.676. The molecule has 1 aliphatic heterocycles. The van der Waals surface area contributed by atoms with E-state index in [-0.39, 0.29) is 16.8 Å². The van der Waals surface area contributed by atoms with Crippen molar-refractivity contribution in [2.45, 2.75) is 23.8 Å². The minimum atomic E-state index is -3.49. The summed E-state index contributed by atoms with van der Waals surface area (Å²) in [5, 5.41) is 0. The number of amides is 1. The third-order valence-corrected chi connectivity index (χ3v) is 6.06. The predicted molar refractivity (Wildman–Crippen MR) is 88.9 cm³/mol. The summed E-state index contributed by atoms with van der Waals surface area (Å²) < 4.78 is 25.3. The SMILES string of the molecule is CN(C)S(=O)(=O)c1ccc(C(=O)N2CCCC2c2ncc[nH]2)cc1. The Balaban J connectivity index is 1.83. The van der Waals surface area contributed by atoms with Gasteiger partial charge in [-0.15, -0.1) is 0 Å². The molecule has 3 rings (SSSR count). The monoisotopic (exact) mass is 348 g/mol.